The van der Waals surface area contributed by atoms with Gasteiger partial charge in [-0.15, -0.1) is 0 Å². The number of nitrogens with zero attached hydrogens (tertiary/aromatic N) is 1. The van der Waals surface area contributed by atoms with Crippen molar-refractivity contribution in [3.05, 3.63) is 0 Å². The molecule has 1 fully saturated rings. The summed E-state index contributed by atoms with van der Waals surface area (Å²) in [5.74, 6) is 0. The van der Waals surface area contributed by atoms with Crippen molar-refractivity contribution in [3.8, 4) is 0 Å². The van der Waals surface area contributed by atoms with E-state index >= 15 is 0 Å². The minimum Gasteiger partial charge on any atom is -0.394 e. The van der Waals surface area contributed by atoms with Crippen molar-refractivity contribution < 1.29 is 14.6 Å². The maximum Gasteiger partial charge on any atom is 0.0701 e. The van der Waals surface area contributed by atoms with E-state index in [9.17, 15) is 0 Å². The molecule has 0 spiro atoms. The number of aliphatic hydroxyl groups is 1. The third-order valence-corrected chi connectivity index (χ3v) is 2.37. The van der Waals surface area contributed by atoms with Gasteiger partial charge in [0.25, 0.3) is 0 Å². The molecule has 0 atom stereocenters. The van der Waals surface area contributed by atoms with Gasteiger partial charge in [-0.25, -0.2) is 0 Å². The predicted octanol–water partition coefficient (Wildman–Crippen LogP) is -1.08. The number of nitrogens with one attached hydrogen (secondary N) is 1. The van der Waals surface area contributed by atoms with Crippen LogP contribution in [0.4, 0.5) is 0 Å². The Morgan fingerprint density at radius 3 is 2.33 bits per heavy atom. The average molecular weight is 218 g/mol. The zero-order chi connectivity index (χ0) is 10.8. The van der Waals surface area contributed by atoms with E-state index in [1.807, 2.05) is 0 Å². The highest BCUT2D eigenvalue weighted by Gasteiger charge is 2.07. The summed E-state index contributed by atoms with van der Waals surface area (Å²) < 4.78 is 10.5. The molecule has 1 aliphatic heterocycles. The van der Waals surface area contributed by atoms with E-state index in [2.05, 4.69) is 10.2 Å². The lowest BCUT2D eigenvalue weighted by Crippen LogP contribution is -2.44. The van der Waals surface area contributed by atoms with Crippen LogP contribution in [0.5, 0.6) is 0 Å². The first-order valence-corrected chi connectivity index (χ1v) is 5.63. The Morgan fingerprint density at radius 1 is 1.00 bits per heavy atom. The van der Waals surface area contributed by atoms with Crippen LogP contribution in [0.25, 0.3) is 0 Å². The van der Waals surface area contributed by atoms with E-state index in [4.69, 9.17) is 14.6 Å². The molecule has 0 aliphatic carbocycles. The maximum absolute atomic E-state index is 8.46. The topological polar surface area (TPSA) is 54.0 Å². The summed E-state index contributed by atoms with van der Waals surface area (Å²) in [6.07, 6.45) is 0. The highest BCUT2D eigenvalue weighted by atomic mass is 16.5. The SMILES string of the molecule is OCCOCCOCCN1CCNCC1. The summed E-state index contributed by atoms with van der Waals surface area (Å²) in [4.78, 5) is 2.39. The Bertz CT molecular complexity index is 141. The van der Waals surface area contributed by atoms with Gasteiger partial charge in [-0.05, 0) is 0 Å². The van der Waals surface area contributed by atoms with Gasteiger partial charge in [-0.1, -0.05) is 0 Å². The maximum atomic E-state index is 8.46. The van der Waals surface area contributed by atoms with Crippen LogP contribution >= 0.6 is 0 Å². The molecule has 90 valence electrons. The van der Waals surface area contributed by atoms with Gasteiger partial charge < -0.3 is 19.9 Å². The fourth-order valence-corrected chi connectivity index (χ4v) is 1.51. The van der Waals surface area contributed by atoms with Crippen LogP contribution in [0, 0.1) is 0 Å². The van der Waals surface area contributed by atoms with E-state index in [0.29, 0.717) is 19.8 Å². The summed E-state index contributed by atoms with van der Waals surface area (Å²) in [5.41, 5.74) is 0. The van der Waals surface area contributed by atoms with Crippen molar-refractivity contribution >= 4 is 0 Å². The summed E-state index contributed by atoms with van der Waals surface area (Å²) >= 11 is 0. The van der Waals surface area contributed by atoms with Crippen LogP contribution in [0.3, 0.4) is 0 Å². The summed E-state index contributed by atoms with van der Waals surface area (Å²) in [6, 6.07) is 0. The molecule has 1 saturated heterocycles. The molecular weight excluding hydrogens is 196 g/mol. The Morgan fingerprint density at radius 2 is 1.67 bits per heavy atom. The van der Waals surface area contributed by atoms with Crippen LogP contribution in [0.1, 0.15) is 0 Å². The first-order chi connectivity index (χ1) is 7.43. The number of aliphatic hydroxyl groups excluding tert-OH is 1. The molecule has 2 N–H and O–H groups in total. The third-order valence-electron chi connectivity index (χ3n) is 2.37. The molecule has 0 radical (unpaired) electrons. The lowest BCUT2D eigenvalue weighted by Gasteiger charge is -2.26. The summed E-state index contributed by atoms with van der Waals surface area (Å²) in [6.45, 7) is 7.84. The standard InChI is InChI=1S/C10H22N2O3/c13-6-8-15-10-9-14-7-5-12-3-1-11-2-4-12/h11,13H,1-10H2. The van der Waals surface area contributed by atoms with Crippen molar-refractivity contribution in [2.24, 2.45) is 0 Å². The van der Waals surface area contributed by atoms with Crippen LogP contribution < -0.4 is 5.32 Å². The Kier molecular flexibility index (Phi) is 7.77. The third kappa shape index (κ3) is 6.81. The van der Waals surface area contributed by atoms with Crippen LogP contribution in [-0.4, -0.2) is 75.8 Å². The highest BCUT2D eigenvalue weighted by molar-refractivity contribution is 4.66. The predicted molar refractivity (Wildman–Crippen MR) is 58.0 cm³/mol. The van der Waals surface area contributed by atoms with Gasteiger partial charge in [-0.2, -0.15) is 0 Å². The second kappa shape index (κ2) is 9.06. The van der Waals surface area contributed by atoms with Gasteiger partial charge in [-0.3, -0.25) is 4.90 Å². The molecule has 1 heterocycles. The van der Waals surface area contributed by atoms with Crippen molar-refractivity contribution in [3.63, 3.8) is 0 Å². The Labute approximate surface area is 91.3 Å². The minimum atomic E-state index is 0.0841. The molecule has 0 aromatic heterocycles. The molecule has 1 aliphatic rings. The number of ether oxygens (including phenoxy) is 2. The van der Waals surface area contributed by atoms with E-state index in [1.165, 1.54) is 0 Å². The zero-order valence-corrected chi connectivity index (χ0v) is 9.28. The normalized spacial score (nSPS) is 18.2. The minimum absolute atomic E-state index is 0.0841. The van der Waals surface area contributed by atoms with Crippen molar-refractivity contribution in [2.45, 2.75) is 0 Å². The smallest absolute Gasteiger partial charge is 0.0701 e. The van der Waals surface area contributed by atoms with Gasteiger partial charge in [0, 0.05) is 32.7 Å². The lowest BCUT2D eigenvalue weighted by atomic mass is 10.4. The van der Waals surface area contributed by atoms with Crippen molar-refractivity contribution in [2.75, 3.05) is 65.8 Å². The van der Waals surface area contributed by atoms with Crippen molar-refractivity contribution in [1.82, 2.24) is 10.2 Å². The molecular formula is C10H22N2O3. The zero-order valence-electron chi connectivity index (χ0n) is 9.28. The molecule has 0 aromatic rings. The van der Waals surface area contributed by atoms with Gasteiger partial charge in [0.1, 0.15) is 0 Å². The molecule has 5 heteroatoms. The lowest BCUT2D eigenvalue weighted by molar-refractivity contribution is 0.0257. The summed E-state index contributed by atoms with van der Waals surface area (Å²) in [7, 11) is 0. The van der Waals surface area contributed by atoms with E-state index < -0.39 is 0 Å². The number of hydrogen-bond donors (Lipinski definition) is 2. The Balaban J connectivity index is 1.79. The van der Waals surface area contributed by atoms with E-state index in [-0.39, 0.29) is 6.61 Å². The monoisotopic (exact) mass is 218 g/mol. The highest BCUT2D eigenvalue weighted by Crippen LogP contribution is 1.91. The van der Waals surface area contributed by atoms with Gasteiger partial charge in [0.2, 0.25) is 0 Å². The molecule has 0 unspecified atom stereocenters. The van der Waals surface area contributed by atoms with Crippen LogP contribution in [-0.2, 0) is 9.47 Å². The van der Waals surface area contributed by atoms with Crippen molar-refractivity contribution in [1.29, 1.82) is 0 Å². The first kappa shape index (κ1) is 12.9. The van der Waals surface area contributed by atoms with Crippen LogP contribution in [0.2, 0.25) is 0 Å². The fourth-order valence-electron chi connectivity index (χ4n) is 1.51. The van der Waals surface area contributed by atoms with Gasteiger partial charge in [0.05, 0.1) is 33.0 Å². The molecule has 0 bridgehead atoms. The van der Waals surface area contributed by atoms with Gasteiger partial charge >= 0.3 is 0 Å². The van der Waals surface area contributed by atoms with Gasteiger partial charge in [0.15, 0.2) is 0 Å². The molecule has 0 amide bonds. The average Bonchev–Trinajstić information content (AvgIpc) is 2.29. The first-order valence-electron chi connectivity index (χ1n) is 5.63. The quantitative estimate of drug-likeness (QED) is 0.507. The molecule has 0 saturated carbocycles. The van der Waals surface area contributed by atoms with E-state index in [1.54, 1.807) is 0 Å². The van der Waals surface area contributed by atoms with Crippen LogP contribution in [0.15, 0.2) is 0 Å². The number of hydrogen-bond acceptors (Lipinski definition) is 5. The fraction of sp³-hybridized carbons (Fsp3) is 1.00. The molecule has 1 rings (SSSR count). The second-order valence-corrected chi connectivity index (χ2v) is 3.54. The second-order valence-electron chi connectivity index (χ2n) is 3.54. The largest absolute Gasteiger partial charge is 0.394 e. The number of rotatable bonds is 8. The van der Waals surface area contributed by atoms with E-state index in [0.717, 1.165) is 39.3 Å². The molecule has 15 heavy (non-hydrogen) atoms. The summed E-state index contributed by atoms with van der Waals surface area (Å²) in [5, 5.41) is 11.8. The molecule has 5 nitrogen and oxygen atoms in total. The number of piperazine rings is 1. The molecule has 0 aromatic carbocycles. The Hall–Kier alpha value is -0.200.